The number of aromatic amines is 1. The van der Waals surface area contributed by atoms with Gasteiger partial charge in [-0.25, -0.2) is 15.0 Å². The number of H-pyrrole nitrogens is 1. The Morgan fingerprint density at radius 3 is 2.71 bits per heavy atom. The molecule has 7 heteroatoms. The highest BCUT2D eigenvalue weighted by atomic mass is 32.1. The molecule has 120 valence electrons. The van der Waals surface area contributed by atoms with Crippen LogP contribution in [-0.2, 0) is 6.54 Å². The molecule has 0 aliphatic carbocycles. The van der Waals surface area contributed by atoms with Crippen LogP contribution in [0, 0.1) is 6.92 Å². The van der Waals surface area contributed by atoms with Gasteiger partial charge in [0.1, 0.15) is 5.82 Å². The van der Waals surface area contributed by atoms with Gasteiger partial charge in [-0.3, -0.25) is 0 Å². The molecule has 4 rings (SSSR count). The Labute approximate surface area is 143 Å². The second-order valence-corrected chi connectivity index (χ2v) is 6.38. The van der Waals surface area contributed by atoms with Crippen LogP contribution in [0.1, 0.15) is 11.5 Å². The van der Waals surface area contributed by atoms with E-state index in [-0.39, 0.29) is 0 Å². The molecule has 0 radical (unpaired) electrons. The number of anilines is 1. The summed E-state index contributed by atoms with van der Waals surface area (Å²) >= 11 is 1.45. The molecule has 0 unspecified atom stereocenters. The second-order valence-electron chi connectivity index (χ2n) is 5.50. The van der Waals surface area contributed by atoms with Gasteiger partial charge < -0.3 is 15.3 Å². The predicted molar refractivity (Wildman–Crippen MR) is 95.6 cm³/mol. The molecule has 0 aliphatic heterocycles. The first-order chi connectivity index (χ1) is 11.7. The number of aromatic nitrogens is 5. The minimum atomic E-state index is 0.576. The third-order valence-electron chi connectivity index (χ3n) is 3.74. The number of nitrogens with one attached hydrogen (secondary N) is 1. The van der Waals surface area contributed by atoms with Crippen molar-refractivity contribution < 1.29 is 0 Å². The molecule has 0 saturated carbocycles. The van der Waals surface area contributed by atoms with Gasteiger partial charge >= 0.3 is 0 Å². The SMILES string of the molecule is Cc1ncc(-c2c(-c3ccccc3)ncn2Cc2csc(N)n2)[nH]1. The van der Waals surface area contributed by atoms with Gasteiger partial charge in [0.15, 0.2) is 5.13 Å². The van der Waals surface area contributed by atoms with Crippen LogP contribution < -0.4 is 5.73 Å². The number of nitrogen functional groups attached to an aromatic ring is 1. The lowest BCUT2D eigenvalue weighted by molar-refractivity contribution is 0.785. The van der Waals surface area contributed by atoms with Crippen LogP contribution >= 0.6 is 11.3 Å². The van der Waals surface area contributed by atoms with Gasteiger partial charge in [-0.2, -0.15) is 0 Å². The molecule has 4 aromatic rings. The largest absolute Gasteiger partial charge is 0.375 e. The van der Waals surface area contributed by atoms with Crippen LogP contribution in [-0.4, -0.2) is 24.5 Å². The van der Waals surface area contributed by atoms with Gasteiger partial charge in [-0.05, 0) is 6.92 Å². The number of aryl methyl sites for hydroxylation is 1. The number of imidazole rings is 2. The number of hydrogen-bond acceptors (Lipinski definition) is 5. The molecule has 1 aromatic carbocycles. The summed E-state index contributed by atoms with van der Waals surface area (Å²) in [5, 5.41) is 2.55. The highest BCUT2D eigenvalue weighted by Crippen LogP contribution is 2.30. The molecule has 0 amide bonds. The normalized spacial score (nSPS) is 11.0. The fourth-order valence-electron chi connectivity index (χ4n) is 2.70. The average Bonchev–Trinajstić information content (AvgIpc) is 3.29. The molecule has 6 nitrogen and oxygen atoms in total. The summed E-state index contributed by atoms with van der Waals surface area (Å²) in [6.45, 7) is 2.55. The molecular formula is C17H16N6S. The number of hydrogen-bond donors (Lipinski definition) is 2. The summed E-state index contributed by atoms with van der Waals surface area (Å²) in [5.74, 6) is 0.870. The van der Waals surface area contributed by atoms with Crippen molar-refractivity contribution >= 4 is 16.5 Å². The van der Waals surface area contributed by atoms with Crippen molar-refractivity contribution in [1.29, 1.82) is 0 Å². The van der Waals surface area contributed by atoms with E-state index in [1.807, 2.05) is 43.0 Å². The Kier molecular flexibility index (Phi) is 3.62. The summed E-state index contributed by atoms with van der Waals surface area (Å²) in [6.07, 6.45) is 3.67. The molecule has 3 N–H and O–H groups in total. The van der Waals surface area contributed by atoms with Crippen LogP contribution in [0.5, 0.6) is 0 Å². The highest BCUT2D eigenvalue weighted by Gasteiger charge is 2.17. The molecule has 0 bridgehead atoms. The van der Waals surface area contributed by atoms with Crippen LogP contribution in [0.25, 0.3) is 22.6 Å². The van der Waals surface area contributed by atoms with E-state index in [1.165, 1.54) is 11.3 Å². The maximum absolute atomic E-state index is 5.75. The van der Waals surface area contributed by atoms with E-state index in [0.717, 1.165) is 34.2 Å². The van der Waals surface area contributed by atoms with Gasteiger partial charge in [0.2, 0.25) is 0 Å². The Morgan fingerprint density at radius 1 is 1.21 bits per heavy atom. The number of nitrogens with zero attached hydrogens (tertiary/aromatic N) is 4. The topological polar surface area (TPSA) is 85.4 Å². The number of rotatable bonds is 4. The predicted octanol–water partition coefficient (Wildman–Crippen LogP) is 3.34. The zero-order valence-corrected chi connectivity index (χ0v) is 13.9. The van der Waals surface area contributed by atoms with Crippen molar-refractivity contribution in [1.82, 2.24) is 24.5 Å². The van der Waals surface area contributed by atoms with Gasteiger partial charge in [-0.1, -0.05) is 30.3 Å². The van der Waals surface area contributed by atoms with E-state index < -0.39 is 0 Å². The zero-order valence-electron chi connectivity index (χ0n) is 13.1. The number of benzene rings is 1. The molecule has 0 atom stereocenters. The van der Waals surface area contributed by atoms with Crippen molar-refractivity contribution in [2.75, 3.05) is 5.73 Å². The lowest BCUT2D eigenvalue weighted by Gasteiger charge is -2.07. The lowest BCUT2D eigenvalue weighted by atomic mass is 10.1. The van der Waals surface area contributed by atoms with Gasteiger partial charge in [0.25, 0.3) is 0 Å². The Bertz CT molecular complexity index is 966. The first-order valence-electron chi connectivity index (χ1n) is 7.53. The molecule has 0 fully saturated rings. The third-order valence-corrected chi connectivity index (χ3v) is 4.47. The zero-order chi connectivity index (χ0) is 16.5. The standard InChI is InChI=1S/C17H16N6S/c1-11-19-7-14(21-11)16-15(12-5-3-2-4-6-12)20-10-23(16)8-13-9-24-17(18)22-13/h2-7,9-10H,8H2,1H3,(H2,18,22)(H,19,21). The molecule has 3 aromatic heterocycles. The maximum atomic E-state index is 5.75. The quantitative estimate of drug-likeness (QED) is 0.598. The summed E-state index contributed by atoms with van der Waals surface area (Å²) in [5.41, 5.74) is 10.6. The van der Waals surface area contributed by atoms with Crippen molar-refractivity contribution in [2.24, 2.45) is 0 Å². The van der Waals surface area contributed by atoms with Crippen molar-refractivity contribution in [3.8, 4) is 22.6 Å². The van der Waals surface area contributed by atoms with E-state index in [4.69, 9.17) is 5.73 Å². The first kappa shape index (κ1) is 14.6. The van der Waals surface area contributed by atoms with Crippen LogP contribution in [0.4, 0.5) is 5.13 Å². The van der Waals surface area contributed by atoms with Crippen molar-refractivity contribution in [2.45, 2.75) is 13.5 Å². The van der Waals surface area contributed by atoms with E-state index >= 15 is 0 Å². The summed E-state index contributed by atoms with van der Waals surface area (Å²) in [6, 6.07) is 10.1. The number of thiazole rings is 1. The fraction of sp³-hybridized carbons (Fsp3) is 0.118. The molecule has 3 heterocycles. The van der Waals surface area contributed by atoms with Crippen molar-refractivity contribution in [3.63, 3.8) is 0 Å². The van der Waals surface area contributed by atoms with E-state index in [9.17, 15) is 0 Å². The minimum Gasteiger partial charge on any atom is -0.375 e. The highest BCUT2D eigenvalue weighted by molar-refractivity contribution is 7.13. The molecular weight excluding hydrogens is 320 g/mol. The van der Waals surface area contributed by atoms with Gasteiger partial charge in [-0.15, -0.1) is 11.3 Å². The van der Waals surface area contributed by atoms with Crippen LogP contribution in [0.2, 0.25) is 0 Å². The Hall–Kier alpha value is -2.93. The van der Waals surface area contributed by atoms with Crippen molar-refractivity contribution in [3.05, 3.63) is 59.8 Å². The lowest BCUT2D eigenvalue weighted by Crippen LogP contribution is -2.02. The molecule has 0 aliphatic rings. The second kappa shape index (κ2) is 5.93. The monoisotopic (exact) mass is 336 g/mol. The number of nitrogens with two attached hydrogens (primary N) is 1. The fourth-order valence-corrected chi connectivity index (χ4v) is 3.26. The van der Waals surface area contributed by atoms with Crippen LogP contribution in [0.15, 0.2) is 48.2 Å². The minimum absolute atomic E-state index is 0.576. The summed E-state index contributed by atoms with van der Waals surface area (Å²) in [4.78, 5) is 16.6. The van der Waals surface area contributed by atoms with Gasteiger partial charge in [0, 0.05) is 10.9 Å². The molecule has 0 spiro atoms. The summed E-state index contributed by atoms with van der Waals surface area (Å²) < 4.78 is 2.07. The first-order valence-corrected chi connectivity index (χ1v) is 8.41. The summed E-state index contributed by atoms with van der Waals surface area (Å²) in [7, 11) is 0. The average molecular weight is 336 g/mol. The maximum Gasteiger partial charge on any atom is 0.180 e. The molecule has 24 heavy (non-hydrogen) atoms. The Balaban J connectivity index is 1.83. The van der Waals surface area contributed by atoms with Gasteiger partial charge in [0.05, 0.1) is 41.8 Å². The molecule has 0 saturated heterocycles. The van der Waals surface area contributed by atoms with E-state index in [0.29, 0.717) is 11.7 Å². The Morgan fingerprint density at radius 2 is 2.04 bits per heavy atom. The smallest absolute Gasteiger partial charge is 0.180 e. The van der Waals surface area contributed by atoms with E-state index in [2.05, 4.69) is 36.6 Å². The van der Waals surface area contributed by atoms with E-state index in [1.54, 1.807) is 0 Å². The van der Waals surface area contributed by atoms with Crippen LogP contribution in [0.3, 0.4) is 0 Å². The third kappa shape index (κ3) is 2.69.